The molecule has 0 bridgehead atoms. The number of piperidine rings is 1. The molecule has 134 valence electrons. The fourth-order valence-corrected chi connectivity index (χ4v) is 2.47. The van der Waals surface area contributed by atoms with Crippen molar-refractivity contribution in [3.8, 4) is 0 Å². The Labute approximate surface area is 140 Å². The summed E-state index contributed by atoms with van der Waals surface area (Å²) in [5, 5.41) is 2.88. The van der Waals surface area contributed by atoms with Crippen LogP contribution in [-0.2, 0) is 14.3 Å². The van der Waals surface area contributed by atoms with E-state index in [1.54, 1.807) is 0 Å². The molecule has 0 aliphatic carbocycles. The minimum absolute atomic E-state index is 0.0281. The van der Waals surface area contributed by atoms with Crippen LogP contribution >= 0.6 is 0 Å². The van der Waals surface area contributed by atoms with Crippen molar-refractivity contribution in [2.75, 3.05) is 32.8 Å². The largest absolute Gasteiger partial charge is 0.378 e. The van der Waals surface area contributed by atoms with E-state index in [1.807, 2.05) is 25.7 Å². The number of hydrogen-bond acceptors (Lipinski definition) is 4. The van der Waals surface area contributed by atoms with Gasteiger partial charge in [-0.05, 0) is 32.2 Å². The number of nitrogens with two attached hydrogens (primary N) is 1. The van der Waals surface area contributed by atoms with Crippen LogP contribution in [0, 0.1) is 5.41 Å². The Balaban J connectivity index is 2.14. The summed E-state index contributed by atoms with van der Waals surface area (Å²) in [6.07, 6.45) is 4.13. The highest BCUT2D eigenvalue weighted by molar-refractivity contribution is 5.81. The molecule has 23 heavy (non-hydrogen) atoms. The van der Waals surface area contributed by atoms with Gasteiger partial charge in [-0.3, -0.25) is 9.59 Å². The van der Waals surface area contributed by atoms with Crippen LogP contribution in [0.5, 0.6) is 0 Å². The predicted molar refractivity (Wildman–Crippen MR) is 90.9 cm³/mol. The number of nitrogens with zero attached hydrogens (tertiary/aromatic N) is 1. The second kappa shape index (κ2) is 9.88. The molecule has 1 rings (SSSR count). The average molecular weight is 327 g/mol. The number of carbonyl (C=O) groups excluding carboxylic acids is 2. The predicted octanol–water partition coefficient (Wildman–Crippen LogP) is 1.29. The van der Waals surface area contributed by atoms with Crippen molar-refractivity contribution in [2.24, 2.45) is 11.1 Å². The molecule has 0 saturated carbocycles. The summed E-state index contributed by atoms with van der Waals surface area (Å²) in [4.78, 5) is 25.8. The van der Waals surface area contributed by atoms with Gasteiger partial charge >= 0.3 is 0 Å². The van der Waals surface area contributed by atoms with Gasteiger partial charge in [0.25, 0.3) is 0 Å². The topological polar surface area (TPSA) is 84.7 Å². The third kappa shape index (κ3) is 7.79. The van der Waals surface area contributed by atoms with Crippen LogP contribution < -0.4 is 11.1 Å². The first-order valence-corrected chi connectivity index (χ1v) is 8.72. The second-order valence-corrected chi connectivity index (χ2v) is 7.20. The Kier molecular flexibility index (Phi) is 8.55. The molecule has 0 aromatic rings. The molecule has 1 heterocycles. The van der Waals surface area contributed by atoms with E-state index in [0.717, 1.165) is 32.4 Å². The lowest BCUT2D eigenvalue weighted by Gasteiger charge is -2.32. The molecule has 0 aromatic carbocycles. The average Bonchev–Trinajstić information content (AvgIpc) is 2.51. The molecule has 1 aliphatic rings. The van der Waals surface area contributed by atoms with E-state index in [0.29, 0.717) is 32.5 Å². The van der Waals surface area contributed by atoms with Crippen LogP contribution in [0.2, 0.25) is 0 Å². The van der Waals surface area contributed by atoms with E-state index >= 15 is 0 Å². The highest BCUT2D eigenvalue weighted by Gasteiger charge is 2.23. The quantitative estimate of drug-likeness (QED) is 0.658. The number of carbonyl (C=O) groups is 2. The van der Waals surface area contributed by atoms with E-state index in [9.17, 15) is 9.59 Å². The molecule has 6 nitrogen and oxygen atoms in total. The van der Waals surface area contributed by atoms with Gasteiger partial charge < -0.3 is 20.7 Å². The fourth-order valence-electron chi connectivity index (χ4n) is 2.47. The minimum Gasteiger partial charge on any atom is -0.378 e. The molecule has 2 amide bonds. The maximum atomic E-state index is 12.2. The molecule has 0 spiro atoms. The lowest BCUT2D eigenvalue weighted by molar-refractivity contribution is -0.134. The standard InChI is InChI=1S/C17H33N3O3/c1-17(2,3)16(22)19-10-4-6-15(21)20-11-7-14(8-12-20)23-13-5-9-18/h14H,4-13,18H2,1-3H3,(H,19,22). The van der Waals surface area contributed by atoms with Crippen molar-refractivity contribution in [3.63, 3.8) is 0 Å². The third-order valence-electron chi connectivity index (χ3n) is 4.03. The Bertz CT molecular complexity index is 372. The van der Waals surface area contributed by atoms with Crippen molar-refractivity contribution in [1.82, 2.24) is 10.2 Å². The second-order valence-electron chi connectivity index (χ2n) is 7.20. The fraction of sp³-hybridized carbons (Fsp3) is 0.882. The molecule has 1 fully saturated rings. The van der Waals surface area contributed by atoms with Crippen molar-refractivity contribution in [3.05, 3.63) is 0 Å². The van der Waals surface area contributed by atoms with Gasteiger partial charge in [0.15, 0.2) is 0 Å². The summed E-state index contributed by atoms with van der Waals surface area (Å²) >= 11 is 0. The van der Waals surface area contributed by atoms with Gasteiger partial charge in [-0.2, -0.15) is 0 Å². The minimum atomic E-state index is -0.379. The molecule has 0 atom stereocenters. The molecule has 3 N–H and O–H groups in total. The molecule has 1 aliphatic heterocycles. The molecule has 0 radical (unpaired) electrons. The highest BCUT2D eigenvalue weighted by atomic mass is 16.5. The Morgan fingerprint density at radius 3 is 2.43 bits per heavy atom. The Morgan fingerprint density at radius 2 is 1.87 bits per heavy atom. The van der Waals surface area contributed by atoms with Crippen molar-refractivity contribution in [1.29, 1.82) is 0 Å². The van der Waals surface area contributed by atoms with Crippen LogP contribution in [0.25, 0.3) is 0 Å². The number of nitrogens with one attached hydrogen (secondary N) is 1. The van der Waals surface area contributed by atoms with Crippen LogP contribution in [0.4, 0.5) is 0 Å². The summed E-state index contributed by atoms with van der Waals surface area (Å²) in [5.41, 5.74) is 5.07. The molecule has 1 saturated heterocycles. The maximum Gasteiger partial charge on any atom is 0.225 e. The Hall–Kier alpha value is -1.14. The van der Waals surface area contributed by atoms with Crippen molar-refractivity contribution in [2.45, 2.75) is 59.0 Å². The third-order valence-corrected chi connectivity index (χ3v) is 4.03. The van der Waals surface area contributed by atoms with Crippen molar-refractivity contribution < 1.29 is 14.3 Å². The van der Waals surface area contributed by atoms with Crippen LogP contribution in [0.1, 0.15) is 52.9 Å². The lowest BCUT2D eigenvalue weighted by atomic mass is 9.96. The number of hydrogen-bond donors (Lipinski definition) is 2. The molecule has 0 unspecified atom stereocenters. The van der Waals surface area contributed by atoms with E-state index < -0.39 is 0 Å². The van der Waals surface area contributed by atoms with E-state index in [-0.39, 0.29) is 23.3 Å². The first kappa shape index (κ1) is 19.9. The van der Waals surface area contributed by atoms with E-state index in [1.165, 1.54) is 0 Å². The van der Waals surface area contributed by atoms with Crippen LogP contribution in [-0.4, -0.2) is 55.6 Å². The van der Waals surface area contributed by atoms with Gasteiger partial charge in [0.1, 0.15) is 0 Å². The van der Waals surface area contributed by atoms with Gasteiger partial charge in [0.05, 0.1) is 6.10 Å². The number of rotatable bonds is 8. The summed E-state index contributed by atoms with van der Waals surface area (Å²) in [7, 11) is 0. The molecular weight excluding hydrogens is 294 g/mol. The maximum absolute atomic E-state index is 12.2. The Morgan fingerprint density at radius 1 is 1.22 bits per heavy atom. The van der Waals surface area contributed by atoms with Gasteiger partial charge in [-0.15, -0.1) is 0 Å². The van der Waals surface area contributed by atoms with Gasteiger partial charge in [0.2, 0.25) is 11.8 Å². The zero-order chi connectivity index (χ0) is 17.3. The molecule has 6 heteroatoms. The summed E-state index contributed by atoms with van der Waals surface area (Å²) in [6.45, 7) is 9.10. The van der Waals surface area contributed by atoms with E-state index in [4.69, 9.17) is 10.5 Å². The highest BCUT2D eigenvalue weighted by Crippen LogP contribution is 2.15. The lowest BCUT2D eigenvalue weighted by Crippen LogP contribution is -2.41. The zero-order valence-electron chi connectivity index (χ0n) is 14.9. The first-order valence-electron chi connectivity index (χ1n) is 8.72. The SMILES string of the molecule is CC(C)(C)C(=O)NCCCC(=O)N1CCC(OCCCN)CC1. The zero-order valence-corrected chi connectivity index (χ0v) is 14.9. The summed E-state index contributed by atoms with van der Waals surface area (Å²) in [6, 6.07) is 0. The van der Waals surface area contributed by atoms with Crippen LogP contribution in [0.3, 0.4) is 0 Å². The number of amides is 2. The first-order chi connectivity index (χ1) is 10.8. The van der Waals surface area contributed by atoms with Gasteiger partial charge in [-0.25, -0.2) is 0 Å². The van der Waals surface area contributed by atoms with Crippen LogP contribution in [0.15, 0.2) is 0 Å². The molecule has 0 aromatic heterocycles. The summed E-state index contributed by atoms with van der Waals surface area (Å²) in [5.74, 6) is 0.204. The summed E-state index contributed by atoms with van der Waals surface area (Å²) < 4.78 is 5.74. The number of likely N-dealkylation sites (tertiary alicyclic amines) is 1. The monoisotopic (exact) mass is 327 g/mol. The molecular formula is C17H33N3O3. The normalized spacial score (nSPS) is 16.4. The smallest absolute Gasteiger partial charge is 0.225 e. The van der Waals surface area contributed by atoms with Crippen molar-refractivity contribution >= 4 is 11.8 Å². The number of ether oxygens (including phenoxy) is 1. The van der Waals surface area contributed by atoms with Gasteiger partial charge in [0, 0.05) is 38.1 Å². The van der Waals surface area contributed by atoms with Gasteiger partial charge in [-0.1, -0.05) is 20.8 Å². The van der Waals surface area contributed by atoms with E-state index in [2.05, 4.69) is 5.32 Å².